The summed E-state index contributed by atoms with van der Waals surface area (Å²) in [6, 6.07) is 11.4. The molecule has 0 radical (unpaired) electrons. The Balaban J connectivity index is 1.53. The number of hydrogen-bond acceptors (Lipinski definition) is 7. The van der Waals surface area contributed by atoms with Crippen molar-refractivity contribution in [3.05, 3.63) is 47.5 Å². The molecule has 0 spiro atoms. The summed E-state index contributed by atoms with van der Waals surface area (Å²) in [5.74, 6) is 2.97. The van der Waals surface area contributed by atoms with Crippen LogP contribution in [0.25, 0.3) is 10.9 Å². The van der Waals surface area contributed by atoms with Gasteiger partial charge < -0.3 is 28.7 Å². The zero-order chi connectivity index (χ0) is 23.5. The van der Waals surface area contributed by atoms with Gasteiger partial charge in [0.05, 0.1) is 28.4 Å². The second-order valence-corrected chi connectivity index (χ2v) is 7.85. The molecule has 1 amide bonds. The minimum Gasteiger partial charge on any atom is -0.494 e. The van der Waals surface area contributed by atoms with Gasteiger partial charge in [-0.15, -0.1) is 0 Å². The summed E-state index contributed by atoms with van der Waals surface area (Å²) in [6.07, 6.45) is 0. The van der Waals surface area contributed by atoms with Crippen LogP contribution >= 0.6 is 0 Å². The highest BCUT2D eigenvalue weighted by Crippen LogP contribution is 2.38. The molecule has 2 aromatic carbocycles. The number of carbonyl (C=O) groups excluding carboxylic acids is 1. The number of rotatable bonds is 6. The van der Waals surface area contributed by atoms with Crippen molar-refractivity contribution in [1.82, 2.24) is 9.88 Å². The predicted molar refractivity (Wildman–Crippen MR) is 127 cm³/mol. The van der Waals surface area contributed by atoms with Gasteiger partial charge in [-0.2, -0.15) is 0 Å². The zero-order valence-corrected chi connectivity index (χ0v) is 19.7. The van der Waals surface area contributed by atoms with Gasteiger partial charge in [0.2, 0.25) is 5.75 Å². The number of para-hydroxylation sites is 1. The van der Waals surface area contributed by atoms with E-state index in [1.54, 1.807) is 26.4 Å². The second kappa shape index (κ2) is 9.44. The number of nitrogens with zero attached hydrogens (tertiary/aromatic N) is 3. The molecule has 0 atom stereocenters. The Labute approximate surface area is 193 Å². The second-order valence-electron chi connectivity index (χ2n) is 7.85. The number of benzene rings is 2. The van der Waals surface area contributed by atoms with Crippen molar-refractivity contribution >= 4 is 22.6 Å². The number of aryl methyl sites for hydroxylation is 1. The summed E-state index contributed by atoms with van der Waals surface area (Å²) in [6.45, 7) is 4.62. The van der Waals surface area contributed by atoms with E-state index in [1.165, 1.54) is 14.2 Å². The van der Waals surface area contributed by atoms with E-state index in [4.69, 9.17) is 23.9 Å². The molecule has 1 saturated heterocycles. The maximum Gasteiger partial charge on any atom is 0.254 e. The zero-order valence-electron chi connectivity index (χ0n) is 19.7. The molecule has 0 bridgehead atoms. The lowest BCUT2D eigenvalue weighted by Crippen LogP contribution is -2.49. The van der Waals surface area contributed by atoms with E-state index in [2.05, 4.69) is 24.0 Å². The molecule has 0 N–H and O–H groups in total. The Morgan fingerprint density at radius 2 is 1.48 bits per heavy atom. The van der Waals surface area contributed by atoms with E-state index in [1.807, 2.05) is 17.0 Å². The van der Waals surface area contributed by atoms with Crippen molar-refractivity contribution < 1.29 is 23.7 Å². The van der Waals surface area contributed by atoms with Crippen LogP contribution in [-0.4, -0.2) is 70.4 Å². The highest BCUT2D eigenvalue weighted by atomic mass is 16.5. The van der Waals surface area contributed by atoms with E-state index in [-0.39, 0.29) is 5.91 Å². The molecule has 33 heavy (non-hydrogen) atoms. The standard InChI is InChI=1S/C25H29N3O5/c1-16-13-22(26-23-18(16)7-6-8-19(23)30-2)27-9-11-28(12-10-27)25(29)17-14-20(31-3)24(33-5)21(15-17)32-4/h6-8,13-15H,9-12H2,1-5H3. The molecule has 0 aliphatic carbocycles. The number of anilines is 1. The number of aromatic nitrogens is 1. The number of piperazine rings is 1. The topological polar surface area (TPSA) is 73.4 Å². The molecule has 1 fully saturated rings. The number of pyridine rings is 1. The van der Waals surface area contributed by atoms with Crippen molar-refractivity contribution in [1.29, 1.82) is 0 Å². The van der Waals surface area contributed by atoms with Gasteiger partial charge in [0, 0.05) is 37.1 Å². The van der Waals surface area contributed by atoms with Gasteiger partial charge in [-0.3, -0.25) is 4.79 Å². The van der Waals surface area contributed by atoms with Gasteiger partial charge >= 0.3 is 0 Å². The summed E-state index contributed by atoms with van der Waals surface area (Å²) in [4.78, 5) is 22.1. The number of ether oxygens (including phenoxy) is 4. The summed E-state index contributed by atoms with van der Waals surface area (Å²) >= 11 is 0. The summed E-state index contributed by atoms with van der Waals surface area (Å²) < 4.78 is 21.7. The van der Waals surface area contributed by atoms with Crippen molar-refractivity contribution in [2.24, 2.45) is 0 Å². The van der Waals surface area contributed by atoms with Crippen LogP contribution in [0, 0.1) is 6.92 Å². The SMILES string of the molecule is COc1cc(C(=O)N2CCN(c3cc(C)c4cccc(OC)c4n3)CC2)cc(OC)c1OC. The highest BCUT2D eigenvalue weighted by molar-refractivity contribution is 5.96. The highest BCUT2D eigenvalue weighted by Gasteiger charge is 2.26. The number of carbonyl (C=O) groups is 1. The summed E-state index contributed by atoms with van der Waals surface area (Å²) in [5.41, 5.74) is 2.50. The van der Waals surface area contributed by atoms with E-state index in [9.17, 15) is 4.79 Å². The third kappa shape index (κ3) is 4.20. The van der Waals surface area contributed by atoms with Crippen LogP contribution in [0.4, 0.5) is 5.82 Å². The van der Waals surface area contributed by atoms with Gasteiger partial charge in [-0.05, 0) is 36.8 Å². The lowest BCUT2D eigenvalue weighted by atomic mass is 10.1. The molecule has 1 aromatic heterocycles. The van der Waals surface area contributed by atoms with Crippen LogP contribution in [0.3, 0.4) is 0 Å². The molecular weight excluding hydrogens is 422 g/mol. The average molecular weight is 452 g/mol. The lowest BCUT2D eigenvalue weighted by molar-refractivity contribution is 0.0745. The third-order valence-corrected chi connectivity index (χ3v) is 6.02. The fourth-order valence-corrected chi connectivity index (χ4v) is 4.23. The van der Waals surface area contributed by atoms with Crippen molar-refractivity contribution in [3.8, 4) is 23.0 Å². The number of hydrogen-bond donors (Lipinski definition) is 0. The van der Waals surface area contributed by atoms with Gasteiger partial charge in [0.1, 0.15) is 17.1 Å². The Hall–Kier alpha value is -3.68. The van der Waals surface area contributed by atoms with E-state index < -0.39 is 0 Å². The van der Waals surface area contributed by atoms with Crippen LogP contribution < -0.4 is 23.8 Å². The van der Waals surface area contributed by atoms with Crippen molar-refractivity contribution in [3.63, 3.8) is 0 Å². The maximum atomic E-state index is 13.2. The van der Waals surface area contributed by atoms with Gasteiger partial charge in [0.25, 0.3) is 5.91 Å². The Morgan fingerprint density at radius 1 is 0.848 bits per heavy atom. The van der Waals surface area contributed by atoms with Gasteiger partial charge in [0.15, 0.2) is 11.5 Å². The molecule has 174 valence electrons. The van der Waals surface area contributed by atoms with E-state index in [0.29, 0.717) is 49.0 Å². The number of methoxy groups -OCH3 is 4. The Bertz CT molecular complexity index is 1150. The molecule has 2 heterocycles. The predicted octanol–water partition coefficient (Wildman–Crippen LogP) is 3.54. The lowest BCUT2D eigenvalue weighted by Gasteiger charge is -2.35. The fraction of sp³-hybridized carbons (Fsp3) is 0.360. The first kappa shape index (κ1) is 22.5. The average Bonchev–Trinajstić information content (AvgIpc) is 2.86. The third-order valence-electron chi connectivity index (χ3n) is 6.02. The first-order chi connectivity index (χ1) is 16.0. The van der Waals surface area contributed by atoms with Crippen LogP contribution in [0.5, 0.6) is 23.0 Å². The monoisotopic (exact) mass is 451 g/mol. The fourth-order valence-electron chi connectivity index (χ4n) is 4.23. The summed E-state index contributed by atoms with van der Waals surface area (Å²) in [5, 5.41) is 1.08. The largest absolute Gasteiger partial charge is 0.494 e. The Kier molecular flexibility index (Phi) is 6.44. The molecule has 1 aliphatic rings. The molecule has 3 aromatic rings. The van der Waals surface area contributed by atoms with Crippen molar-refractivity contribution in [2.45, 2.75) is 6.92 Å². The van der Waals surface area contributed by atoms with Crippen LogP contribution in [0.1, 0.15) is 15.9 Å². The minimum absolute atomic E-state index is 0.0711. The first-order valence-corrected chi connectivity index (χ1v) is 10.8. The van der Waals surface area contributed by atoms with E-state index in [0.717, 1.165) is 28.0 Å². The Morgan fingerprint density at radius 3 is 2.06 bits per heavy atom. The van der Waals surface area contributed by atoms with Crippen LogP contribution in [-0.2, 0) is 0 Å². The van der Waals surface area contributed by atoms with Crippen molar-refractivity contribution in [2.75, 3.05) is 59.5 Å². The quantitative estimate of drug-likeness (QED) is 0.568. The van der Waals surface area contributed by atoms with Crippen LogP contribution in [0.2, 0.25) is 0 Å². The normalized spacial score (nSPS) is 13.7. The molecule has 8 nitrogen and oxygen atoms in total. The summed E-state index contributed by atoms with van der Waals surface area (Å²) in [7, 11) is 6.28. The molecule has 0 saturated carbocycles. The van der Waals surface area contributed by atoms with Gasteiger partial charge in [-0.1, -0.05) is 12.1 Å². The van der Waals surface area contributed by atoms with Crippen LogP contribution in [0.15, 0.2) is 36.4 Å². The van der Waals surface area contributed by atoms with Gasteiger partial charge in [-0.25, -0.2) is 4.98 Å². The first-order valence-electron chi connectivity index (χ1n) is 10.8. The molecule has 1 aliphatic heterocycles. The molecular formula is C25H29N3O5. The molecule has 0 unspecified atom stereocenters. The molecule has 4 rings (SSSR count). The number of fused-ring (bicyclic) bond motifs is 1. The number of amides is 1. The van der Waals surface area contributed by atoms with E-state index >= 15 is 0 Å². The molecule has 8 heteroatoms. The smallest absolute Gasteiger partial charge is 0.254 e. The minimum atomic E-state index is -0.0711. The maximum absolute atomic E-state index is 13.2.